The van der Waals surface area contributed by atoms with Crippen LogP contribution in [0.2, 0.25) is 0 Å². The van der Waals surface area contributed by atoms with Gasteiger partial charge in [-0.2, -0.15) is 0 Å². The molecule has 1 nitrogen and oxygen atoms in total. The molecule has 82 valence electrons. The molecule has 1 aromatic carbocycles. The van der Waals surface area contributed by atoms with Crippen molar-refractivity contribution in [3.05, 3.63) is 29.8 Å². The molecule has 2 rings (SSSR count). The lowest BCUT2D eigenvalue weighted by molar-refractivity contribution is 0.224. The molecule has 0 amide bonds. The number of hydrogen-bond acceptors (Lipinski definition) is 1. The van der Waals surface area contributed by atoms with E-state index in [9.17, 15) is 0 Å². The second-order valence-corrected chi connectivity index (χ2v) is 5.61. The molecular formula is C14H21N. The molecule has 1 aliphatic rings. The Labute approximate surface area is 92.7 Å². The molecular weight excluding hydrogens is 182 g/mol. The van der Waals surface area contributed by atoms with Gasteiger partial charge in [0.15, 0.2) is 0 Å². The largest absolute Gasteiger partial charge is 0.399 e. The maximum Gasteiger partial charge on any atom is 0.0314 e. The fourth-order valence-electron chi connectivity index (χ4n) is 2.50. The summed E-state index contributed by atoms with van der Waals surface area (Å²) in [4.78, 5) is 0. The molecule has 0 saturated heterocycles. The molecule has 0 unspecified atom stereocenters. The van der Waals surface area contributed by atoms with Crippen molar-refractivity contribution < 1.29 is 0 Å². The van der Waals surface area contributed by atoms with E-state index in [1.807, 2.05) is 12.1 Å². The Bertz CT molecular complexity index is 314. The molecule has 1 fully saturated rings. The van der Waals surface area contributed by atoms with Crippen LogP contribution < -0.4 is 5.73 Å². The van der Waals surface area contributed by atoms with Gasteiger partial charge in [-0.15, -0.1) is 0 Å². The van der Waals surface area contributed by atoms with Crippen molar-refractivity contribution in [2.45, 2.75) is 45.4 Å². The van der Waals surface area contributed by atoms with Gasteiger partial charge >= 0.3 is 0 Å². The van der Waals surface area contributed by atoms with E-state index in [2.05, 4.69) is 26.0 Å². The second-order valence-electron chi connectivity index (χ2n) is 5.61. The fraction of sp³-hybridized carbons (Fsp3) is 0.571. The van der Waals surface area contributed by atoms with Gasteiger partial charge in [-0.1, -0.05) is 26.0 Å². The molecule has 1 heteroatoms. The third kappa shape index (κ3) is 2.53. The normalized spacial score (nSPS) is 21.5. The van der Waals surface area contributed by atoms with E-state index in [1.54, 1.807) is 0 Å². The summed E-state index contributed by atoms with van der Waals surface area (Å²) in [6.07, 6.45) is 5.36. The number of nitrogen functional groups attached to an aromatic ring is 1. The smallest absolute Gasteiger partial charge is 0.0314 e. The number of anilines is 1. The number of benzene rings is 1. The molecule has 0 aliphatic heterocycles. The maximum absolute atomic E-state index is 5.70. The maximum atomic E-state index is 5.70. The predicted octanol–water partition coefficient (Wildman–Crippen LogP) is 3.95. The minimum absolute atomic E-state index is 0.560. The highest BCUT2D eigenvalue weighted by atomic mass is 14.5. The molecule has 0 radical (unpaired) electrons. The van der Waals surface area contributed by atoms with E-state index >= 15 is 0 Å². The standard InChI is InChI=1S/C14H21N/c1-14(2)9-7-12(8-10-14)11-3-5-13(15)6-4-11/h3-6,12H,7-10,15H2,1-2H3. The molecule has 1 saturated carbocycles. The lowest BCUT2D eigenvalue weighted by Crippen LogP contribution is -2.20. The summed E-state index contributed by atoms with van der Waals surface area (Å²) in [7, 11) is 0. The zero-order valence-corrected chi connectivity index (χ0v) is 9.79. The van der Waals surface area contributed by atoms with Crippen LogP contribution in [-0.4, -0.2) is 0 Å². The van der Waals surface area contributed by atoms with Crippen molar-refractivity contribution in [2.24, 2.45) is 5.41 Å². The van der Waals surface area contributed by atoms with Gasteiger partial charge < -0.3 is 5.73 Å². The predicted molar refractivity (Wildman–Crippen MR) is 65.8 cm³/mol. The van der Waals surface area contributed by atoms with Gasteiger partial charge in [-0.25, -0.2) is 0 Å². The zero-order chi connectivity index (χ0) is 10.9. The number of rotatable bonds is 1. The monoisotopic (exact) mass is 203 g/mol. The summed E-state index contributed by atoms with van der Waals surface area (Å²) in [6, 6.07) is 8.43. The topological polar surface area (TPSA) is 26.0 Å². The Kier molecular flexibility index (Phi) is 2.72. The molecule has 0 bridgehead atoms. The van der Waals surface area contributed by atoms with Crippen LogP contribution in [0.3, 0.4) is 0 Å². The van der Waals surface area contributed by atoms with Crippen molar-refractivity contribution in [3.63, 3.8) is 0 Å². The fourth-order valence-corrected chi connectivity index (χ4v) is 2.50. The van der Waals surface area contributed by atoms with Gasteiger partial charge in [-0.3, -0.25) is 0 Å². The summed E-state index contributed by atoms with van der Waals surface area (Å²) >= 11 is 0. The first kappa shape index (κ1) is 10.5. The van der Waals surface area contributed by atoms with E-state index in [0.29, 0.717) is 5.41 Å². The second kappa shape index (κ2) is 3.88. The zero-order valence-electron chi connectivity index (χ0n) is 9.79. The highest BCUT2D eigenvalue weighted by molar-refractivity contribution is 5.40. The summed E-state index contributed by atoms with van der Waals surface area (Å²) in [5, 5.41) is 0. The van der Waals surface area contributed by atoms with Crippen LogP contribution >= 0.6 is 0 Å². The van der Waals surface area contributed by atoms with Crippen molar-refractivity contribution in [2.75, 3.05) is 5.73 Å². The first-order chi connectivity index (χ1) is 7.07. The van der Waals surface area contributed by atoms with Crippen molar-refractivity contribution >= 4 is 5.69 Å². The minimum Gasteiger partial charge on any atom is -0.399 e. The van der Waals surface area contributed by atoms with Gasteiger partial charge in [-0.05, 0) is 54.7 Å². The molecule has 0 spiro atoms. The lowest BCUT2D eigenvalue weighted by Gasteiger charge is -2.34. The van der Waals surface area contributed by atoms with Crippen LogP contribution in [0, 0.1) is 5.41 Å². The highest BCUT2D eigenvalue weighted by Crippen LogP contribution is 2.42. The molecule has 2 N–H and O–H groups in total. The Morgan fingerprint density at radius 1 is 1.07 bits per heavy atom. The van der Waals surface area contributed by atoms with Crippen LogP contribution in [0.25, 0.3) is 0 Å². The Balaban J connectivity index is 2.04. The summed E-state index contributed by atoms with van der Waals surface area (Å²) < 4.78 is 0. The SMILES string of the molecule is CC1(C)CCC(c2ccc(N)cc2)CC1. The first-order valence-electron chi connectivity index (χ1n) is 5.92. The Morgan fingerprint density at radius 3 is 2.13 bits per heavy atom. The van der Waals surface area contributed by atoms with Crippen LogP contribution in [0.5, 0.6) is 0 Å². The minimum atomic E-state index is 0.560. The van der Waals surface area contributed by atoms with Crippen LogP contribution in [0.15, 0.2) is 24.3 Å². The van der Waals surface area contributed by atoms with Crippen molar-refractivity contribution in [1.82, 2.24) is 0 Å². The van der Waals surface area contributed by atoms with E-state index in [1.165, 1.54) is 31.2 Å². The first-order valence-corrected chi connectivity index (χ1v) is 5.92. The highest BCUT2D eigenvalue weighted by Gasteiger charge is 2.27. The third-order valence-electron chi connectivity index (χ3n) is 3.75. The quantitative estimate of drug-likeness (QED) is 0.687. The van der Waals surface area contributed by atoms with Crippen molar-refractivity contribution in [1.29, 1.82) is 0 Å². The van der Waals surface area contributed by atoms with E-state index < -0.39 is 0 Å². The lowest BCUT2D eigenvalue weighted by atomic mass is 9.71. The van der Waals surface area contributed by atoms with Gasteiger partial charge in [0.2, 0.25) is 0 Å². The molecule has 0 heterocycles. The van der Waals surface area contributed by atoms with Gasteiger partial charge in [0.25, 0.3) is 0 Å². The number of nitrogens with two attached hydrogens (primary N) is 1. The van der Waals surface area contributed by atoms with Gasteiger partial charge in [0.1, 0.15) is 0 Å². The van der Waals surface area contributed by atoms with Crippen molar-refractivity contribution in [3.8, 4) is 0 Å². The average Bonchev–Trinajstić information content (AvgIpc) is 2.20. The molecule has 1 aromatic rings. The summed E-state index contributed by atoms with van der Waals surface area (Å²) in [5.41, 5.74) is 8.60. The van der Waals surface area contributed by atoms with Gasteiger partial charge in [0.05, 0.1) is 0 Å². The Morgan fingerprint density at radius 2 is 1.60 bits per heavy atom. The molecule has 1 aliphatic carbocycles. The number of hydrogen-bond donors (Lipinski definition) is 1. The molecule has 15 heavy (non-hydrogen) atoms. The van der Waals surface area contributed by atoms with Gasteiger partial charge in [0, 0.05) is 5.69 Å². The van der Waals surface area contributed by atoms with Crippen LogP contribution in [0.1, 0.15) is 51.0 Å². The van der Waals surface area contributed by atoms with Crippen LogP contribution in [-0.2, 0) is 0 Å². The van der Waals surface area contributed by atoms with E-state index in [0.717, 1.165) is 11.6 Å². The summed E-state index contributed by atoms with van der Waals surface area (Å²) in [6.45, 7) is 4.76. The average molecular weight is 203 g/mol. The molecule has 0 atom stereocenters. The van der Waals surface area contributed by atoms with E-state index in [-0.39, 0.29) is 0 Å². The molecule has 0 aromatic heterocycles. The summed E-state index contributed by atoms with van der Waals surface area (Å²) in [5.74, 6) is 0.763. The van der Waals surface area contributed by atoms with E-state index in [4.69, 9.17) is 5.73 Å². The van der Waals surface area contributed by atoms with Crippen LogP contribution in [0.4, 0.5) is 5.69 Å². The Hall–Kier alpha value is -0.980. The third-order valence-corrected chi connectivity index (χ3v) is 3.75.